The lowest BCUT2D eigenvalue weighted by atomic mass is 9.77. The van der Waals surface area contributed by atoms with Crippen LogP contribution in [-0.2, 0) is 11.3 Å². The van der Waals surface area contributed by atoms with Crippen LogP contribution < -0.4 is 10.6 Å². The summed E-state index contributed by atoms with van der Waals surface area (Å²) in [6, 6.07) is 0.0657. The zero-order chi connectivity index (χ0) is 34.6. The Balaban J connectivity index is 1.20. The molecule has 2 unspecified atom stereocenters. The molecule has 3 aliphatic rings. The van der Waals surface area contributed by atoms with Crippen molar-refractivity contribution in [2.75, 3.05) is 0 Å². The number of hydrogen-bond acceptors (Lipinski definition) is 6. The standard InChI is InChI=1S/C29H31F9N8O2/c30-26(31)6-3-16(4-7-26)24(43-25(48)19-12-40-46(44-19)13-18-10-27(32,33)29(18,37)38)20-14-45-21(41-20)9-17(11-39-45)23(15-1-2-15)42-22(47)5-8-28(34,35)36/h9,11-12,14-16,18,23-24H,1-8,10,13H2,(H,42,47)(H,43,48)/t18?,23?,24-/m0/s1. The van der Waals surface area contributed by atoms with Crippen molar-refractivity contribution in [3.63, 3.8) is 0 Å². The van der Waals surface area contributed by atoms with Crippen molar-refractivity contribution in [1.82, 2.24) is 40.2 Å². The number of fused-ring (bicyclic) bond motifs is 1. The summed E-state index contributed by atoms with van der Waals surface area (Å²) in [5.41, 5.74) is 0.714. The molecule has 0 bridgehead atoms. The van der Waals surface area contributed by atoms with Crippen molar-refractivity contribution >= 4 is 17.5 Å². The molecule has 2 N–H and O–H groups in total. The summed E-state index contributed by atoms with van der Waals surface area (Å²) < 4.78 is 121. The molecule has 0 saturated heterocycles. The molecule has 19 heteroatoms. The van der Waals surface area contributed by atoms with Crippen LogP contribution in [0.2, 0.25) is 0 Å². The third-order valence-electron chi connectivity index (χ3n) is 9.26. The van der Waals surface area contributed by atoms with Gasteiger partial charge in [0.2, 0.25) is 11.8 Å². The quantitative estimate of drug-likeness (QED) is 0.245. The number of hydrogen-bond donors (Lipinski definition) is 2. The van der Waals surface area contributed by atoms with Crippen LogP contribution in [0.4, 0.5) is 39.5 Å². The Hall–Kier alpha value is -3.93. The van der Waals surface area contributed by atoms with Gasteiger partial charge in [-0.05, 0) is 49.1 Å². The maximum atomic E-state index is 14.0. The first-order valence-electron chi connectivity index (χ1n) is 15.5. The van der Waals surface area contributed by atoms with Crippen LogP contribution >= 0.6 is 0 Å². The van der Waals surface area contributed by atoms with Crippen LogP contribution in [0, 0.1) is 17.8 Å². The van der Waals surface area contributed by atoms with Crippen molar-refractivity contribution in [1.29, 1.82) is 0 Å². The summed E-state index contributed by atoms with van der Waals surface area (Å²) in [4.78, 5) is 30.9. The third kappa shape index (κ3) is 7.23. The van der Waals surface area contributed by atoms with Crippen LogP contribution in [0.25, 0.3) is 5.65 Å². The van der Waals surface area contributed by atoms with Gasteiger partial charge in [0.1, 0.15) is 0 Å². The van der Waals surface area contributed by atoms with E-state index in [1.165, 1.54) is 16.9 Å². The van der Waals surface area contributed by atoms with E-state index in [0.717, 1.165) is 23.8 Å². The predicted molar refractivity (Wildman–Crippen MR) is 147 cm³/mol. The maximum absolute atomic E-state index is 14.0. The molecule has 3 heterocycles. The molecule has 6 rings (SSSR count). The average Bonchev–Trinajstić information content (AvgIpc) is 3.58. The van der Waals surface area contributed by atoms with Gasteiger partial charge in [0.05, 0.1) is 55.3 Å². The van der Waals surface area contributed by atoms with Crippen LogP contribution in [-0.4, -0.2) is 65.4 Å². The second-order valence-electron chi connectivity index (χ2n) is 12.9. The Bertz CT molecular complexity index is 1660. The van der Waals surface area contributed by atoms with E-state index in [-0.39, 0.29) is 35.8 Å². The number of carbonyl (C=O) groups is 2. The molecule has 0 aromatic carbocycles. The zero-order valence-electron chi connectivity index (χ0n) is 25.2. The molecule has 3 saturated carbocycles. The SMILES string of the molecule is O=C(CCC(F)(F)F)NC(c1cnn2cc([C@@H](NC(=O)c3cnn(CC4CC(F)(F)C4(F)F)n3)C3CCC(F)(F)CC3)nc2c1)C1CC1. The summed E-state index contributed by atoms with van der Waals surface area (Å²) in [6.45, 7) is -0.651. The fourth-order valence-electron chi connectivity index (χ4n) is 6.28. The van der Waals surface area contributed by atoms with Gasteiger partial charge in [0.25, 0.3) is 5.91 Å². The molecule has 3 aliphatic carbocycles. The fraction of sp³-hybridized carbons (Fsp3) is 0.655. The van der Waals surface area contributed by atoms with Gasteiger partial charge in [-0.1, -0.05) is 0 Å². The summed E-state index contributed by atoms with van der Waals surface area (Å²) in [5.74, 6) is -15.1. The number of rotatable bonds is 11. The Kier molecular flexibility index (Phi) is 8.62. The van der Waals surface area contributed by atoms with E-state index in [0.29, 0.717) is 5.56 Å². The Morgan fingerprint density at radius 3 is 2.25 bits per heavy atom. The van der Waals surface area contributed by atoms with Crippen LogP contribution in [0.15, 0.2) is 24.7 Å². The molecule has 3 fully saturated rings. The number of halogens is 9. The second kappa shape index (κ2) is 12.2. The first-order valence-corrected chi connectivity index (χ1v) is 15.5. The Morgan fingerprint density at radius 1 is 0.938 bits per heavy atom. The monoisotopic (exact) mass is 694 g/mol. The molecule has 0 radical (unpaired) electrons. The van der Waals surface area contributed by atoms with Crippen LogP contribution in [0.3, 0.4) is 0 Å². The predicted octanol–water partition coefficient (Wildman–Crippen LogP) is 5.82. The van der Waals surface area contributed by atoms with E-state index in [9.17, 15) is 49.1 Å². The summed E-state index contributed by atoms with van der Waals surface area (Å²) in [5, 5.41) is 17.3. The summed E-state index contributed by atoms with van der Waals surface area (Å²) in [6.07, 6.45) is -2.96. The molecular formula is C29H31F9N8O2. The molecule has 2 amide bonds. The van der Waals surface area contributed by atoms with Gasteiger partial charge in [0.15, 0.2) is 11.3 Å². The van der Waals surface area contributed by atoms with Crippen molar-refractivity contribution in [3.8, 4) is 0 Å². The first-order chi connectivity index (χ1) is 22.4. The number of carbonyl (C=O) groups excluding carboxylic acids is 2. The van der Waals surface area contributed by atoms with E-state index in [2.05, 4.69) is 30.9 Å². The van der Waals surface area contributed by atoms with Gasteiger partial charge < -0.3 is 10.6 Å². The second-order valence-corrected chi connectivity index (χ2v) is 12.9. The number of alkyl halides is 9. The molecule has 3 atom stereocenters. The third-order valence-corrected chi connectivity index (χ3v) is 9.26. The smallest absolute Gasteiger partial charge is 0.349 e. The Labute approximate surface area is 266 Å². The van der Waals surface area contributed by atoms with Crippen molar-refractivity contribution in [2.24, 2.45) is 17.8 Å². The molecule has 10 nitrogen and oxygen atoms in total. The fourth-order valence-corrected chi connectivity index (χ4v) is 6.28. The van der Waals surface area contributed by atoms with Crippen molar-refractivity contribution in [3.05, 3.63) is 41.6 Å². The number of imidazole rings is 1. The first kappa shape index (κ1) is 34.0. The van der Waals surface area contributed by atoms with Crippen LogP contribution in [0.5, 0.6) is 0 Å². The van der Waals surface area contributed by atoms with Gasteiger partial charge in [-0.25, -0.2) is 18.3 Å². The van der Waals surface area contributed by atoms with Crippen molar-refractivity contribution < 1.29 is 49.1 Å². The molecule has 3 aromatic rings. The highest BCUT2D eigenvalue weighted by Crippen LogP contribution is 2.55. The van der Waals surface area contributed by atoms with Gasteiger partial charge in [-0.3, -0.25) is 9.59 Å². The zero-order valence-corrected chi connectivity index (χ0v) is 25.2. The number of amides is 2. The Morgan fingerprint density at radius 2 is 1.62 bits per heavy atom. The van der Waals surface area contributed by atoms with Crippen molar-refractivity contribution in [2.45, 2.75) is 100 Å². The normalized spacial score (nSPS) is 23.3. The van der Waals surface area contributed by atoms with Gasteiger partial charge in [-0.15, -0.1) is 5.10 Å². The van der Waals surface area contributed by atoms with Gasteiger partial charge >= 0.3 is 18.0 Å². The highest BCUT2D eigenvalue weighted by molar-refractivity contribution is 5.92. The summed E-state index contributed by atoms with van der Waals surface area (Å²) in [7, 11) is 0. The van der Waals surface area contributed by atoms with E-state index < -0.39 is 98.3 Å². The largest absolute Gasteiger partial charge is 0.389 e. The number of aromatic nitrogens is 6. The van der Waals surface area contributed by atoms with E-state index in [1.54, 1.807) is 6.07 Å². The maximum Gasteiger partial charge on any atom is 0.389 e. The highest BCUT2D eigenvalue weighted by Gasteiger charge is 2.71. The lowest BCUT2D eigenvalue weighted by molar-refractivity contribution is -0.316. The lowest BCUT2D eigenvalue weighted by Crippen LogP contribution is -2.59. The topological polar surface area (TPSA) is 119 Å². The minimum Gasteiger partial charge on any atom is -0.349 e. The van der Waals surface area contributed by atoms with E-state index in [4.69, 9.17) is 0 Å². The molecule has 262 valence electrons. The van der Waals surface area contributed by atoms with E-state index in [1.807, 2.05) is 0 Å². The van der Waals surface area contributed by atoms with Gasteiger partial charge in [-0.2, -0.15) is 45.7 Å². The minimum atomic E-state index is -4.48. The van der Waals surface area contributed by atoms with Crippen LogP contribution in [0.1, 0.15) is 91.6 Å². The molecular weight excluding hydrogens is 663 g/mol. The summed E-state index contributed by atoms with van der Waals surface area (Å²) >= 11 is 0. The average molecular weight is 695 g/mol. The lowest BCUT2D eigenvalue weighted by Gasteiger charge is -2.43. The minimum absolute atomic E-state index is 0.00473. The number of nitrogens with one attached hydrogen (secondary N) is 2. The van der Waals surface area contributed by atoms with Gasteiger partial charge in [0, 0.05) is 25.7 Å². The van der Waals surface area contributed by atoms with E-state index >= 15 is 0 Å². The molecule has 48 heavy (non-hydrogen) atoms. The molecule has 3 aromatic heterocycles. The number of nitrogens with zero attached hydrogens (tertiary/aromatic N) is 6. The molecule has 0 aliphatic heterocycles. The highest BCUT2D eigenvalue weighted by atomic mass is 19.4. The molecule has 0 spiro atoms.